The molecule has 0 aliphatic carbocycles. The fourth-order valence-electron chi connectivity index (χ4n) is 3.18. The molecule has 0 saturated heterocycles. The van der Waals surface area contributed by atoms with E-state index in [9.17, 15) is 21.6 Å². The minimum absolute atomic E-state index is 0.0415. The quantitative estimate of drug-likeness (QED) is 0.454. The molecule has 0 saturated carbocycles. The SMILES string of the molecule is Cc1c(ONS(=O)(=O)c2ccccc2)ccc(C(F)(F)F)c1-c1cc2ccccn2n1. The first-order chi connectivity index (χ1) is 14.7. The summed E-state index contributed by atoms with van der Waals surface area (Å²) in [4.78, 5) is 7.14. The number of nitrogens with zero attached hydrogens (tertiary/aromatic N) is 2. The standard InChI is InChI=1S/C21H16F3N3O3S/c1-14-19(30-26-31(28,29)16-8-3-2-4-9-16)11-10-17(21(22,23)24)20(14)18-13-15-7-5-6-12-27(15)25-18/h2-13,26H,1H3. The predicted molar refractivity (Wildman–Crippen MR) is 108 cm³/mol. The number of benzene rings is 2. The van der Waals surface area contributed by atoms with Gasteiger partial charge in [0.1, 0.15) is 0 Å². The number of hydrogen-bond donors (Lipinski definition) is 1. The molecule has 2 heterocycles. The van der Waals surface area contributed by atoms with Gasteiger partial charge in [-0.2, -0.15) is 18.3 Å². The third kappa shape index (κ3) is 4.12. The molecule has 0 amide bonds. The van der Waals surface area contributed by atoms with Gasteiger partial charge >= 0.3 is 6.18 Å². The van der Waals surface area contributed by atoms with Crippen LogP contribution in [0.2, 0.25) is 0 Å². The van der Waals surface area contributed by atoms with Crippen molar-refractivity contribution in [1.29, 1.82) is 0 Å². The second-order valence-corrected chi connectivity index (χ2v) is 8.36. The lowest BCUT2D eigenvalue weighted by Gasteiger charge is -2.17. The highest BCUT2D eigenvalue weighted by Gasteiger charge is 2.36. The van der Waals surface area contributed by atoms with Crippen LogP contribution in [0.3, 0.4) is 0 Å². The van der Waals surface area contributed by atoms with Crippen molar-refractivity contribution in [2.24, 2.45) is 0 Å². The Kier molecular flexibility index (Phi) is 5.19. The Bertz CT molecular complexity index is 1320. The van der Waals surface area contributed by atoms with E-state index < -0.39 is 21.8 Å². The number of sulfonamides is 1. The van der Waals surface area contributed by atoms with Crippen molar-refractivity contribution in [3.05, 3.63) is 84.1 Å². The number of fused-ring (bicyclic) bond motifs is 1. The van der Waals surface area contributed by atoms with Crippen LogP contribution < -0.4 is 9.72 Å². The average Bonchev–Trinajstić information content (AvgIpc) is 3.16. The Morgan fingerprint density at radius 2 is 1.71 bits per heavy atom. The summed E-state index contributed by atoms with van der Waals surface area (Å²) in [5.41, 5.74) is -0.290. The summed E-state index contributed by atoms with van der Waals surface area (Å²) in [6.45, 7) is 1.42. The zero-order valence-electron chi connectivity index (χ0n) is 16.1. The van der Waals surface area contributed by atoms with E-state index in [1.54, 1.807) is 42.6 Å². The van der Waals surface area contributed by atoms with Gasteiger partial charge in [-0.25, -0.2) is 12.9 Å². The van der Waals surface area contributed by atoms with E-state index in [4.69, 9.17) is 4.84 Å². The van der Waals surface area contributed by atoms with Crippen molar-refractivity contribution >= 4 is 15.5 Å². The van der Waals surface area contributed by atoms with Gasteiger partial charge in [-0.1, -0.05) is 24.3 Å². The maximum Gasteiger partial charge on any atom is 0.417 e. The summed E-state index contributed by atoms with van der Waals surface area (Å²) < 4.78 is 67.4. The van der Waals surface area contributed by atoms with Crippen LogP contribution in [-0.2, 0) is 16.2 Å². The summed E-state index contributed by atoms with van der Waals surface area (Å²) in [6.07, 6.45) is -3.02. The average molecular weight is 447 g/mol. The lowest BCUT2D eigenvalue weighted by atomic mass is 9.97. The third-order valence-electron chi connectivity index (χ3n) is 4.66. The predicted octanol–water partition coefficient (Wildman–Crippen LogP) is 4.60. The molecular formula is C21H16F3N3O3S. The topological polar surface area (TPSA) is 72.7 Å². The number of nitrogens with one attached hydrogen (secondary N) is 1. The van der Waals surface area contributed by atoms with Crippen LogP contribution in [0.5, 0.6) is 5.75 Å². The van der Waals surface area contributed by atoms with Crippen LogP contribution in [0.25, 0.3) is 16.8 Å². The second-order valence-electron chi connectivity index (χ2n) is 6.71. The molecule has 6 nitrogen and oxygen atoms in total. The normalized spacial score (nSPS) is 12.3. The molecule has 1 N–H and O–H groups in total. The van der Waals surface area contributed by atoms with Crippen molar-refractivity contribution in [3.8, 4) is 17.0 Å². The van der Waals surface area contributed by atoms with E-state index in [2.05, 4.69) is 5.10 Å². The Labute approximate surface area is 175 Å². The number of aromatic nitrogens is 2. The molecule has 0 aliphatic heterocycles. The number of hydrogen-bond acceptors (Lipinski definition) is 4. The van der Waals surface area contributed by atoms with Crippen molar-refractivity contribution < 1.29 is 26.4 Å². The Balaban J connectivity index is 1.76. The van der Waals surface area contributed by atoms with Crippen LogP contribution in [0.1, 0.15) is 11.1 Å². The van der Waals surface area contributed by atoms with E-state index in [0.717, 1.165) is 12.1 Å². The van der Waals surface area contributed by atoms with E-state index in [-0.39, 0.29) is 27.5 Å². The number of alkyl halides is 3. The molecule has 2 aromatic heterocycles. The first-order valence-electron chi connectivity index (χ1n) is 9.06. The molecule has 31 heavy (non-hydrogen) atoms. The van der Waals surface area contributed by atoms with E-state index >= 15 is 0 Å². The lowest BCUT2D eigenvalue weighted by molar-refractivity contribution is -0.137. The molecule has 4 aromatic rings. The molecule has 2 aromatic carbocycles. The summed E-state index contributed by atoms with van der Waals surface area (Å²) in [5, 5.41) is 4.24. The highest BCUT2D eigenvalue weighted by Crippen LogP contribution is 2.41. The maximum atomic E-state index is 13.7. The van der Waals surface area contributed by atoms with Gasteiger partial charge in [-0.3, -0.25) is 0 Å². The Morgan fingerprint density at radius 3 is 2.39 bits per heavy atom. The van der Waals surface area contributed by atoms with Crippen LogP contribution in [0, 0.1) is 6.92 Å². The fraction of sp³-hybridized carbons (Fsp3) is 0.0952. The van der Waals surface area contributed by atoms with Crippen molar-refractivity contribution in [2.75, 3.05) is 0 Å². The van der Waals surface area contributed by atoms with Gasteiger partial charge in [-0.15, -0.1) is 0 Å². The van der Waals surface area contributed by atoms with E-state index in [1.165, 1.54) is 29.6 Å². The number of pyridine rings is 1. The molecule has 160 valence electrons. The second kappa shape index (κ2) is 7.71. The van der Waals surface area contributed by atoms with Gasteiger partial charge in [0.05, 0.1) is 21.7 Å². The van der Waals surface area contributed by atoms with Crippen LogP contribution in [0.4, 0.5) is 13.2 Å². The van der Waals surface area contributed by atoms with Crippen molar-refractivity contribution in [1.82, 2.24) is 14.5 Å². The Morgan fingerprint density at radius 1 is 1.00 bits per heavy atom. The molecule has 0 aliphatic rings. The highest BCUT2D eigenvalue weighted by atomic mass is 32.2. The first-order valence-corrected chi connectivity index (χ1v) is 10.5. The monoisotopic (exact) mass is 447 g/mol. The van der Waals surface area contributed by atoms with Crippen molar-refractivity contribution in [2.45, 2.75) is 18.0 Å². The van der Waals surface area contributed by atoms with Crippen LogP contribution >= 0.6 is 0 Å². The molecule has 4 rings (SSSR count). The van der Waals surface area contributed by atoms with Gasteiger partial charge in [0.2, 0.25) is 0 Å². The zero-order chi connectivity index (χ0) is 22.2. The minimum atomic E-state index is -4.64. The molecule has 10 heteroatoms. The molecule has 0 radical (unpaired) electrons. The summed E-state index contributed by atoms with van der Waals surface area (Å²) in [7, 11) is -4.03. The Hall–Kier alpha value is -3.37. The van der Waals surface area contributed by atoms with E-state index in [0.29, 0.717) is 5.52 Å². The minimum Gasteiger partial charge on any atom is -0.393 e. The molecule has 0 fully saturated rings. The maximum absolute atomic E-state index is 13.7. The zero-order valence-corrected chi connectivity index (χ0v) is 16.9. The van der Waals surface area contributed by atoms with Crippen LogP contribution in [0.15, 0.2) is 77.8 Å². The van der Waals surface area contributed by atoms with Gasteiger partial charge in [0.15, 0.2) is 5.75 Å². The first kappa shape index (κ1) is 20.9. The summed E-state index contributed by atoms with van der Waals surface area (Å²) in [6, 6.07) is 16.1. The largest absolute Gasteiger partial charge is 0.417 e. The molecule has 0 spiro atoms. The summed E-state index contributed by atoms with van der Waals surface area (Å²) in [5.74, 6) is -0.0698. The van der Waals surface area contributed by atoms with Gasteiger partial charge < -0.3 is 4.84 Å². The smallest absolute Gasteiger partial charge is 0.393 e. The van der Waals surface area contributed by atoms with Gasteiger partial charge in [0.25, 0.3) is 10.0 Å². The molecule has 0 unspecified atom stereocenters. The van der Waals surface area contributed by atoms with Crippen LogP contribution in [-0.4, -0.2) is 18.0 Å². The van der Waals surface area contributed by atoms with Crippen molar-refractivity contribution in [3.63, 3.8) is 0 Å². The number of halogens is 3. The number of rotatable bonds is 5. The summed E-state index contributed by atoms with van der Waals surface area (Å²) >= 11 is 0. The lowest BCUT2D eigenvalue weighted by Crippen LogP contribution is -2.27. The van der Waals surface area contributed by atoms with Gasteiger partial charge in [-0.05, 0) is 54.3 Å². The molecule has 0 atom stereocenters. The third-order valence-corrected chi connectivity index (χ3v) is 5.86. The molecule has 0 bridgehead atoms. The fourth-order valence-corrected chi connectivity index (χ4v) is 3.99. The van der Waals surface area contributed by atoms with E-state index in [1.807, 2.05) is 4.89 Å². The molecular weight excluding hydrogens is 431 g/mol. The highest BCUT2D eigenvalue weighted by molar-refractivity contribution is 7.89. The van der Waals surface area contributed by atoms with Gasteiger partial charge in [0, 0.05) is 17.3 Å².